The smallest absolute Gasteiger partial charge is 0.152 e. The lowest BCUT2D eigenvalue weighted by Crippen LogP contribution is -2.36. The highest BCUT2D eigenvalue weighted by Crippen LogP contribution is 2.25. The Bertz CT molecular complexity index is 824. The number of anilines is 3. The highest BCUT2D eigenvalue weighted by atomic mass is 32.2. The van der Waals surface area contributed by atoms with Crippen molar-refractivity contribution in [1.82, 2.24) is 9.97 Å². The summed E-state index contributed by atoms with van der Waals surface area (Å²) in [5.74, 6) is 2.61. The van der Waals surface area contributed by atoms with Gasteiger partial charge in [-0.1, -0.05) is 0 Å². The lowest BCUT2D eigenvalue weighted by Gasteiger charge is -2.28. The summed E-state index contributed by atoms with van der Waals surface area (Å²) >= 11 is 0. The van der Waals surface area contributed by atoms with Gasteiger partial charge in [0.15, 0.2) is 9.84 Å². The van der Waals surface area contributed by atoms with E-state index in [0.29, 0.717) is 18.8 Å². The monoisotopic (exact) mass is 362 g/mol. The Kier molecular flexibility index (Phi) is 5.08. The number of ether oxygens (including phenoxy) is 1. The number of benzene rings is 1. The molecule has 0 radical (unpaired) electrons. The van der Waals surface area contributed by atoms with E-state index in [2.05, 4.69) is 15.3 Å². The van der Waals surface area contributed by atoms with Gasteiger partial charge in [-0.05, 0) is 37.6 Å². The van der Waals surface area contributed by atoms with Gasteiger partial charge in [0.2, 0.25) is 0 Å². The molecule has 1 aromatic heterocycles. The van der Waals surface area contributed by atoms with Crippen molar-refractivity contribution >= 4 is 27.2 Å². The minimum atomic E-state index is -2.94. The fraction of sp³-hybridized carbons (Fsp3) is 0.412. The molecule has 1 fully saturated rings. The van der Waals surface area contributed by atoms with Gasteiger partial charge in [0.25, 0.3) is 0 Å². The Labute approximate surface area is 148 Å². The Morgan fingerprint density at radius 2 is 2.04 bits per heavy atom. The summed E-state index contributed by atoms with van der Waals surface area (Å²) < 4.78 is 28.7. The molecule has 7 nitrogen and oxygen atoms in total. The number of aromatic nitrogens is 2. The van der Waals surface area contributed by atoms with Crippen LogP contribution in [0.15, 0.2) is 36.7 Å². The van der Waals surface area contributed by atoms with Gasteiger partial charge in [0.05, 0.1) is 18.6 Å². The van der Waals surface area contributed by atoms with E-state index in [0.717, 1.165) is 17.3 Å². The molecule has 1 aliphatic heterocycles. The van der Waals surface area contributed by atoms with Crippen molar-refractivity contribution in [3.63, 3.8) is 0 Å². The molecule has 25 heavy (non-hydrogen) atoms. The summed E-state index contributed by atoms with van der Waals surface area (Å²) in [5, 5.41) is 3.23. The lowest BCUT2D eigenvalue weighted by molar-refractivity contribution is 0.415. The van der Waals surface area contributed by atoms with Gasteiger partial charge in [0.1, 0.15) is 23.7 Å². The molecule has 1 aliphatic rings. The van der Waals surface area contributed by atoms with Crippen molar-refractivity contribution in [3.05, 3.63) is 36.7 Å². The van der Waals surface area contributed by atoms with Crippen molar-refractivity contribution in [3.8, 4) is 5.75 Å². The zero-order valence-corrected chi connectivity index (χ0v) is 15.2. The average Bonchev–Trinajstić information content (AvgIpc) is 2.96. The van der Waals surface area contributed by atoms with Gasteiger partial charge in [-0.3, -0.25) is 0 Å². The van der Waals surface area contributed by atoms with E-state index in [1.54, 1.807) is 7.11 Å². The highest BCUT2D eigenvalue weighted by Gasteiger charge is 2.32. The fourth-order valence-corrected chi connectivity index (χ4v) is 4.75. The quantitative estimate of drug-likeness (QED) is 0.843. The van der Waals surface area contributed by atoms with Crippen molar-refractivity contribution in [2.75, 3.05) is 35.4 Å². The Morgan fingerprint density at radius 3 is 2.64 bits per heavy atom. The molecular weight excluding hydrogens is 340 g/mol. The summed E-state index contributed by atoms with van der Waals surface area (Å²) in [6.07, 6.45) is 2.13. The number of hydrogen-bond donors (Lipinski definition) is 1. The molecule has 134 valence electrons. The van der Waals surface area contributed by atoms with Crippen LogP contribution in [-0.2, 0) is 9.84 Å². The maximum atomic E-state index is 11.8. The number of nitrogens with one attached hydrogen (secondary N) is 1. The van der Waals surface area contributed by atoms with E-state index in [1.807, 2.05) is 42.2 Å². The summed E-state index contributed by atoms with van der Waals surface area (Å²) in [6, 6.07) is 9.36. The number of rotatable bonds is 6. The van der Waals surface area contributed by atoms with Crippen molar-refractivity contribution in [2.24, 2.45) is 0 Å². The van der Waals surface area contributed by atoms with Gasteiger partial charge in [0, 0.05) is 24.3 Å². The largest absolute Gasteiger partial charge is 0.497 e. The van der Waals surface area contributed by atoms with E-state index in [9.17, 15) is 8.42 Å². The second-order valence-corrected chi connectivity index (χ2v) is 8.19. The third kappa shape index (κ3) is 4.19. The van der Waals surface area contributed by atoms with Crippen LogP contribution in [-0.4, -0.2) is 49.6 Å². The maximum absolute atomic E-state index is 11.8. The highest BCUT2D eigenvalue weighted by molar-refractivity contribution is 7.91. The number of hydrogen-bond acceptors (Lipinski definition) is 7. The fourth-order valence-electron chi connectivity index (χ4n) is 3.02. The van der Waals surface area contributed by atoms with Crippen LogP contribution >= 0.6 is 0 Å². The lowest BCUT2D eigenvalue weighted by atomic mass is 10.2. The third-order valence-corrected chi connectivity index (χ3v) is 6.05. The molecule has 1 unspecified atom stereocenters. The molecule has 0 spiro atoms. The van der Waals surface area contributed by atoms with Crippen molar-refractivity contribution in [1.29, 1.82) is 0 Å². The zero-order valence-electron chi connectivity index (χ0n) is 14.3. The van der Waals surface area contributed by atoms with E-state index in [1.165, 1.54) is 6.33 Å². The second kappa shape index (κ2) is 7.26. The molecule has 1 N–H and O–H groups in total. The molecule has 3 rings (SSSR count). The molecular formula is C17H22N4O3S. The molecule has 0 aliphatic carbocycles. The molecule has 1 aromatic carbocycles. The van der Waals surface area contributed by atoms with Gasteiger partial charge < -0.3 is 15.0 Å². The first-order valence-corrected chi connectivity index (χ1v) is 10.0. The van der Waals surface area contributed by atoms with Crippen molar-refractivity contribution in [2.45, 2.75) is 19.4 Å². The van der Waals surface area contributed by atoms with Crippen LogP contribution in [0, 0.1) is 0 Å². The first-order chi connectivity index (χ1) is 12.0. The SMILES string of the molecule is CCN(c1cc(Nc2ccc(OC)cc2)ncn1)C1CCS(=O)(=O)C1. The van der Waals surface area contributed by atoms with Gasteiger partial charge in [-0.2, -0.15) is 0 Å². The standard InChI is InChI=1S/C17H22N4O3S/c1-3-21(14-8-9-25(22,23)11-14)17-10-16(18-12-19-17)20-13-4-6-15(24-2)7-5-13/h4-7,10,12,14H,3,8-9,11H2,1-2H3,(H,18,19,20). The number of sulfone groups is 1. The molecule has 1 atom stereocenters. The molecule has 0 amide bonds. The van der Waals surface area contributed by atoms with Crippen LogP contribution < -0.4 is 15.0 Å². The van der Waals surface area contributed by atoms with Crippen LogP contribution in [0.3, 0.4) is 0 Å². The van der Waals surface area contributed by atoms with E-state index in [-0.39, 0.29) is 17.5 Å². The predicted molar refractivity (Wildman–Crippen MR) is 98.4 cm³/mol. The Balaban J connectivity index is 1.77. The van der Waals surface area contributed by atoms with E-state index < -0.39 is 9.84 Å². The number of methoxy groups -OCH3 is 1. The molecule has 2 aromatic rings. The van der Waals surface area contributed by atoms with Crippen LogP contribution in [0.4, 0.5) is 17.3 Å². The van der Waals surface area contributed by atoms with Gasteiger partial charge >= 0.3 is 0 Å². The minimum absolute atomic E-state index is 0.0289. The number of nitrogens with zero attached hydrogens (tertiary/aromatic N) is 3. The topological polar surface area (TPSA) is 84.4 Å². The van der Waals surface area contributed by atoms with Crippen LogP contribution in [0.5, 0.6) is 5.75 Å². The summed E-state index contributed by atoms with van der Waals surface area (Å²) in [7, 11) is -1.31. The van der Waals surface area contributed by atoms with Gasteiger partial charge in [-0.25, -0.2) is 18.4 Å². The maximum Gasteiger partial charge on any atom is 0.152 e. The second-order valence-electron chi connectivity index (χ2n) is 5.96. The molecule has 2 heterocycles. The molecule has 0 bridgehead atoms. The minimum Gasteiger partial charge on any atom is -0.497 e. The first-order valence-electron chi connectivity index (χ1n) is 8.21. The van der Waals surface area contributed by atoms with E-state index in [4.69, 9.17) is 4.74 Å². The Hall–Kier alpha value is -2.35. The van der Waals surface area contributed by atoms with Gasteiger partial charge in [-0.15, -0.1) is 0 Å². The molecule has 1 saturated heterocycles. The van der Waals surface area contributed by atoms with Crippen LogP contribution in [0.1, 0.15) is 13.3 Å². The summed E-state index contributed by atoms with van der Waals surface area (Å²) in [5.41, 5.74) is 0.886. The molecule has 8 heteroatoms. The normalized spacial score (nSPS) is 18.7. The van der Waals surface area contributed by atoms with Crippen LogP contribution in [0.25, 0.3) is 0 Å². The molecule has 0 saturated carbocycles. The van der Waals surface area contributed by atoms with E-state index >= 15 is 0 Å². The Morgan fingerprint density at radius 1 is 1.28 bits per heavy atom. The summed E-state index contributed by atoms with van der Waals surface area (Å²) in [4.78, 5) is 10.6. The van der Waals surface area contributed by atoms with Crippen LogP contribution in [0.2, 0.25) is 0 Å². The van der Waals surface area contributed by atoms with Crippen molar-refractivity contribution < 1.29 is 13.2 Å². The summed E-state index contributed by atoms with van der Waals surface area (Å²) in [6.45, 7) is 2.70. The average molecular weight is 362 g/mol. The third-order valence-electron chi connectivity index (χ3n) is 4.30. The first kappa shape index (κ1) is 17.5. The zero-order chi connectivity index (χ0) is 17.9. The predicted octanol–water partition coefficient (Wildman–Crippen LogP) is 2.24.